The topological polar surface area (TPSA) is 78.5 Å². The molecule has 4 aromatic heterocycles. The Morgan fingerprint density at radius 3 is 2.74 bits per heavy atom. The molecule has 0 saturated carbocycles. The molecule has 0 atom stereocenters. The molecule has 0 aromatic carbocycles. The third-order valence-corrected chi connectivity index (χ3v) is 6.40. The standard InChI is InChI=1S/C27H29FN6S/c1-6-17(10-19(7-2)32-16(3)4)21-11-18(22(29-5)15-31-21)12-26-33-23-14-30-13-20(27(23)34-26)24-8-9-25(28)35-24/h6-11,13-16,29,32H,2,12H2,1,3-5H3,(H,33,34)/b17-6+,19-10+. The first kappa shape index (κ1) is 24.3. The molecule has 0 bridgehead atoms. The van der Waals surface area contributed by atoms with Crippen molar-refractivity contribution in [2.45, 2.75) is 33.2 Å². The summed E-state index contributed by atoms with van der Waals surface area (Å²) in [5.41, 5.74) is 7.19. The lowest BCUT2D eigenvalue weighted by Gasteiger charge is -2.13. The fraction of sp³-hybridized carbons (Fsp3) is 0.222. The molecule has 4 aromatic rings. The first-order valence-electron chi connectivity index (χ1n) is 11.4. The van der Waals surface area contributed by atoms with E-state index in [1.807, 2.05) is 32.3 Å². The summed E-state index contributed by atoms with van der Waals surface area (Å²) in [5, 5.41) is 6.40. The van der Waals surface area contributed by atoms with Crippen LogP contribution in [0, 0.1) is 5.13 Å². The summed E-state index contributed by atoms with van der Waals surface area (Å²) in [6.45, 7) is 10.1. The van der Waals surface area contributed by atoms with Crippen molar-refractivity contribution in [3.63, 3.8) is 0 Å². The molecule has 180 valence electrons. The number of hydrogen-bond donors (Lipinski definition) is 3. The van der Waals surface area contributed by atoms with Crippen LogP contribution in [0.2, 0.25) is 0 Å². The van der Waals surface area contributed by atoms with Crippen LogP contribution in [0.4, 0.5) is 10.1 Å². The van der Waals surface area contributed by atoms with Gasteiger partial charge in [-0.1, -0.05) is 12.7 Å². The highest BCUT2D eigenvalue weighted by atomic mass is 32.1. The van der Waals surface area contributed by atoms with Crippen molar-refractivity contribution in [1.29, 1.82) is 0 Å². The van der Waals surface area contributed by atoms with Gasteiger partial charge in [0.1, 0.15) is 11.3 Å². The number of hydrogen-bond acceptors (Lipinski definition) is 6. The van der Waals surface area contributed by atoms with Crippen LogP contribution in [0.25, 0.3) is 27.0 Å². The van der Waals surface area contributed by atoms with E-state index in [9.17, 15) is 4.39 Å². The Balaban J connectivity index is 1.69. The van der Waals surface area contributed by atoms with E-state index in [2.05, 4.69) is 58.2 Å². The molecule has 0 fully saturated rings. The minimum atomic E-state index is -0.229. The van der Waals surface area contributed by atoms with E-state index in [0.717, 1.165) is 66.9 Å². The van der Waals surface area contributed by atoms with Crippen molar-refractivity contribution in [2.75, 3.05) is 12.4 Å². The third-order valence-electron chi connectivity index (χ3n) is 5.49. The molecule has 4 heterocycles. The van der Waals surface area contributed by atoms with Crippen LogP contribution >= 0.6 is 11.3 Å². The fourth-order valence-corrected chi connectivity index (χ4v) is 4.62. The number of fused-ring (bicyclic) bond motifs is 1. The van der Waals surface area contributed by atoms with Crippen molar-refractivity contribution >= 4 is 33.6 Å². The zero-order chi connectivity index (χ0) is 24.9. The van der Waals surface area contributed by atoms with Gasteiger partial charge in [-0.2, -0.15) is 4.39 Å². The quantitative estimate of drug-likeness (QED) is 0.240. The number of nitrogens with one attached hydrogen (secondary N) is 3. The monoisotopic (exact) mass is 488 g/mol. The molecule has 0 aliphatic carbocycles. The Morgan fingerprint density at radius 1 is 1.26 bits per heavy atom. The molecular weight excluding hydrogens is 459 g/mol. The number of anilines is 1. The highest BCUT2D eigenvalue weighted by Crippen LogP contribution is 2.32. The number of aromatic nitrogens is 4. The maximum Gasteiger partial charge on any atom is 0.176 e. The molecule has 0 spiro atoms. The van der Waals surface area contributed by atoms with Gasteiger partial charge in [-0.15, -0.1) is 11.3 Å². The number of pyridine rings is 2. The molecule has 0 unspecified atom stereocenters. The Labute approximate surface area is 208 Å². The molecule has 6 nitrogen and oxygen atoms in total. The Morgan fingerprint density at radius 2 is 2.09 bits per heavy atom. The van der Waals surface area contributed by atoms with Gasteiger partial charge in [-0.25, -0.2) is 4.98 Å². The maximum atomic E-state index is 13.6. The Bertz CT molecular complexity index is 1410. The lowest BCUT2D eigenvalue weighted by molar-refractivity contribution is 0.657. The van der Waals surface area contributed by atoms with E-state index in [4.69, 9.17) is 4.98 Å². The molecule has 3 N–H and O–H groups in total. The summed E-state index contributed by atoms with van der Waals surface area (Å²) in [6, 6.07) is 5.60. The van der Waals surface area contributed by atoms with Crippen molar-refractivity contribution in [3.8, 4) is 10.4 Å². The predicted octanol–water partition coefficient (Wildman–Crippen LogP) is 6.32. The second-order valence-electron chi connectivity index (χ2n) is 8.37. The third kappa shape index (κ3) is 5.49. The van der Waals surface area contributed by atoms with E-state index >= 15 is 0 Å². The van der Waals surface area contributed by atoms with Crippen LogP contribution in [0.5, 0.6) is 0 Å². The largest absolute Gasteiger partial charge is 0.387 e. The van der Waals surface area contributed by atoms with Crippen LogP contribution in [0.3, 0.4) is 0 Å². The summed E-state index contributed by atoms with van der Waals surface area (Å²) in [4.78, 5) is 18.0. The van der Waals surface area contributed by atoms with Crippen LogP contribution in [-0.2, 0) is 6.42 Å². The number of H-pyrrole nitrogens is 1. The van der Waals surface area contributed by atoms with E-state index < -0.39 is 0 Å². The van der Waals surface area contributed by atoms with Gasteiger partial charge in [0.25, 0.3) is 0 Å². The van der Waals surface area contributed by atoms with Gasteiger partial charge in [0.15, 0.2) is 5.13 Å². The lowest BCUT2D eigenvalue weighted by Crippen LogP contribution is -2.20. The van der Waals surface area contributed by atoms with Crippen LogP contribution < -0.4 is 10.6 Å². The maximum absolute atomic E-state index is 13.6. The minimum absolute atomic E-state index is 0.229. The van der Waals surface area contributed by atoms with Crippen LogP contribution in [0.1, 0.15) is 37.9 Å². The number of rotatable bonds is 9. The first-order chi connectivity index (χ1) is 16.9. The number of aromatic amines is 1. The van der Waals surface area contributed by atoms with Crippen molar-refractivity contribution in [1.82, 2.24) is 25.3 Å². The summed E-state index contributed by atoms with van der Waals surface area (Å²) >= 11 is 1.09. The van der Waals surface area contributed by atoms with E-state index in [-0.39, 0.29) is 5.13 Å². The molecular formula is C27H29FN6S. The first-order valence-corrected chi connectivity index (χ1v) is 12.3. The second kappa shape index (κ2) is 10.7. The van der Waals surface area contributed by atoms with Gasteiger partial charge >= 0.3 is 0 Å². The lowest BCUT2D eigenvalue weighted by atomic mass is 10.0. The average molecular weight is 489 g/mol. The number of halogens is 1. The Kier molecular flexibility index (Phi) is 7.41. The van der Waals surface area contributed by atoms with Gasteiger partial charge in [0.2, 0.25) is 0 Å². The minimum Gasteiger partial charge on any atom is -0.387 e. The van der Waals surface area contributed by atoms with Gasteiger partial charge in [0.05, 0.1) is 29.3 Å². The van der Waals surface area contributed by atoms with Crippen molar-refractivity contribution in [2.24, 2.45) is 0 Å². The Hall–Kier alpha value is -3.78. The second-order valence-corrected chi connectivity index (χ2v) is 9.40. The van der Waals surface area contributed by atoms with Crippen LogP contribution in [-0.4, -0.2) is 33.0 Å². The van der Waals surface area contributed by atoms with Crippen LogP contribution in [0.15, 0.2) is 67.3 Å². The molecule has 0 radical (unpaired) electrons. The molecule has 0 amide bonds. The molecule has 4 rings (SSSR count). The summed E-state index contributed by atoms with van der Waals surface area (Å²) < 4.78 is 13.6. The van der Waals surface area contributed by atoms with Gasteiger partial charge in [-0.3, -0.25) is 9.97 Å². The van der Waals surface area contributed by atoms with E-state index in [0.29, 0.717) is 12.5 Å². The SMILES string of the molecule is C=C/C(=C\C(=C/C)c1cc(Cc2nc3c(-c4ccc(F)s4)cncc3[nH]2)c(NC)cn1)NC(C)C. The fourth-order valence-electron chi connectivity index (χ4n) is 3.88. The summed E-state index contributed by atoms with van der Waals surface area (Å²) in [6.07, 6.45) is 11.8. The van der Waals surface area contributed by atoms with Crippen molar-refractivity contribution < 1.29 is 4.39 Å². The number of allylic oxidation sites excluding steroid dienone is 4. The number of thiophene rings is 1. The van der Waals surface area contributed by atoms with Gasteiger partial charge in [0, 0.05) is 41.8 Å². The van der Waals surface area contributed by atoms with E-state index in [1.54, 1.807) is 18.5 Å². The molecule has 35 heavy (non-hydrogen) atoms. The van der Waals surface area contributed by atoms with Gasteiger partial charge in [-0.05, 0) is 62.3 Å². The molecule has 0 saturated heterocycles. The molecule has 8 heteroatoms. The summed E-state index contributed by atoms with van der Waals surface area (Å²) in [7, 11) is 1.88. The van der Waals surface area contributed by atoms with Crippen molar-refractivity contribution in [3.05, 3.63) is 89.5 Å². The highest BCUT2D eigenvalue weighted by molar-refractivity contribution is 7.14. The highest BCUT2D eigenvalue weighted by Gasteiger charge is 2.14. The molecule has 0 aliphatic rings. The smallest absolute Gasteiger partial charge is 0.176 e. The normalized spacial score (nSPS) is 12.4. The predicted molar refractivity (Wildman–Crippen MR) is 144 cm³/mol. The zero-order valence-electron chi connectivity index (χ0n) is 20.3. The molecule has 0 aliphatic heterocycles. The zero-order valence-corrected chi connectivity index (χ0v) is 21.1. The van der Waals surface area contributed by atoms with Gasteiger partial charge < -0.3 is 15.6 Å². The average Bonchev–Trinajstić information content (AvgIpc) is 3.46. The number of nitrogens with zero attached hydrogens (tertiary/aromatic N) is 3. The van der Waals surface area contributed by atoms with E-state index in [1.165, 1.54) is 6.07 Å². The number of imidazole rings is 1. The summed E-state index contributed by atoms with van der Waals surface area (Å²) in [5.74, 6) is 0.797.